The van der Waals surface area contributed by atoms with Gasteiger partial charge < -0.3 is 10.1 Å². The lowest BCUT2D eigenvalue weighted by molar-refractivity contribution is -0.0315. The van der Waals surface area contributed by atoms with Crippen molar-refractivity contribution < 1.29 is 4.74 Å². The Hall–Kier alpha value is -0.120. The first-order valence-corrected chi connectivity index (χ1v) is 7.84. The van der Waals surface area contributed by atoms with Crippen LogP contribution in [-0.4, -0.2) is 49.3 Å². The van der Waals surface area contributed by atoms with Crippen molar-refractivity contribution in [3.8, 4) is 0 Å². The van der Waals surface area contributed by atoms with E-state index in [-0.39, 0.29) is 0 Å². The van der Waals surface area contributed by atoms with Crippen molar-refractivity contribution in [3.05, 3.63) is 0 Å². The van der Waals surface area contributed by atoms with Gasteiger partial charge in [0.2, 0.25) is 0 Å². The van der Waals surface area contributed by atoms with Gasteiger partial charge in [-0.1, -0.05) is 39.5 Å². The van der Waals surface area contributed by atoms with Gasteiger partial charge in [-0.2, -0.15) is 0 Å². The lowest BCUT2D eigenvalue weighted by Crippen LogP contribution is -2.55. The maximum atomic E-state index is 5.69. The highest BCUT2D eigenvalue weighted by Gasteiger charge is 2.29. The normalized spacial score (nSPS) is 28.5. The molecule has 0 aromatic heterocycles. The number of rotatable bonds is 4. The van der Waals surface area contributed by atoms with Crippen LogP contribution in [0.15, 0.2) is 0 Å². The summed E-state index contributed by atoms with van der Waals surface area (Å²) < 4.78 is 5.69. The predicted octanol–water partition coefficient (Wildman–Crippen LogP) is 2.41. The third kappa shape index (κ3) is 4.22. The molecule has 0 aromatic rings. The molecule has 0 spiro atoms. The van der Waals surface area contributed by atoms with Crippen molar-refractivity contribution in [3.63, 3.8) is 0 Å². The fraction of sp³-hybridized carbons (Fsp3) is 1.00. The molecule has 106 valence electrons. The molecule has 2 rings (SSSR count). The number of nitrogens with one attached hydrogen (secondary N) is 1. The van der Waals surface area contributed by atoms with Gasteiger partial charge in [0.25, 0.3) is 0 Å². The highest BCUT2D eigenvalue weighted by molar-refractivity contribution is 4.84. The minimum absolute atomic E-state index is 0.572. The van der Waals surface area contributed by atoms with E-state index in [0.29, 0.717) is 12.1 Å². The van der Waals surface area contributed by atoms with Crippen molar-refractivity contribution in [2.24, 2.45) is 0 Å². The van der Waals surface area contributed by atoms with Gasteiger partial charge in [-0.25, -0.2) is 0 Å². The van der Waals surface area contributed by atoms with Gasteiger partial charge in [0.1, 0.15) is 0 Å². The number of morpholine rings is 1. The summed E-state index contributed by atoms with van der Waals surface area (Å²) in [6.45, 7) is 8.49. The van der Waals surface area contributed by atoms with E-state index in [1.807, 2.05) is 0 Å². The Morgan fingerprint density at radius 2 is 1.89 bits per heavy atom. The van der Waals surface area contributed by atoms with E-state index < -0.39 is 0 Å². The molecule has 1 atom stereocenters. The van der Waals surface area contributed by atoms with Crippen LogP contribution in [0.1, 0.15) is 52.4 Å². The summed E-state index contributed by atoms with van der Waals surface area (Å²) in [6.07, 6.45) is 8.53. The Bertz CT molecular complexity index is 225. The van der Waals surface area contributed by atoms with Crippen LogP contribution in [0, 0.1) is 0 Å². The molecule has 2 aliphatic rings. The number of hydrogen-bond donors (Lipinski definition) is 1. The molecular weight excluding hydrogens is 224 g/mol. The molecule has 1 unspecified atom stereocenters. The van der Waals surface area contributed by atoms with Crippen LogP contribution >= 0.6 is 0 Å². The van der Waals surface area contributed by atoms with Gasteiger partial charge in [0.15, 0.2) is 0 Å². The van der Waals surface area contributed by atoms with Crippen molar-refractivity contribution in [2.75, 3.05) is 26.3 Å². The number of nitrogens with zero attached hydrogens (tertiary/aromatic N) is 1. The molecule has 2 fully saturated rings. The molecule has 1 saturated carbocycles. The summed E-state index contributed by atoms with van der Waals surface area (Å²) in [4.78, 5) is 2.74. The summed E-state index contributed by atoms with van der Waals surface area (Å²) in [5.74, 6) is 0. The van der Waals surface area contributed by atoms with Crippen molar-refractivity contribution >= 4 is 0 Å². The molecule has 0 aromatic carbocycles. The molecule has 18 heavy (non-hydrogen) atoms. The van der Waals surface area contributed by atoms with Crippen molar-refractivity contribution in [2.45, 2.75) is 70.5 Å². The van der Waals surface area contributed by atoms with E-state index in [9.17, 15) is 0 Å². The summed E-state index contributed by atoms with van der Waals surface area (Å²) in [6, 6.07) is 1.97. The first kappa shape index (κ1) is 14.3. The maximum Gasteiger partial charge on any atom is 0.0635 e. The number of ether oxygens (including phenoxy) is 1. The van der Waals surface area contributed by atoms with E-state index in [2.05, 4.69) is 24.1 Å². The van der Waals surface area contributed by atoms with E-state index in [0.717, 1.165) is 32.3 Å². The fourth-order valence-corrected chi connectivity index (χ4v) is 3.29. The van der Waals surface area contributed by atoms with Crippen LogP contribution in [0.2, 0.25) is 0 Å². The Balaban J connectivity index is 1.88. The molecule has 3 nitrogen and oxygen atoms in total. The van der Waals surface area contributed by atoms with E-state index in [1.54, 1.807) is 0 Å². The van der Waals surface area contributed by atoms with Gasteiger partial charge in [0.05, 0.1) is 13.2 Å². The van der Waals surface area contributed by atoms with Crippen LogP contribution in [0.5, 0.6) is 0 Å². The summed E-state index contributed by atoms with van der Waals surface area (Å²) >= 11 is 0. The Kier molecular flexibility index (Phi) is 5.93. The average Bonchev–Trinajstić information content (AvgIpc) is 2.65. The second-order valence-electron chi connectivity index (χ2n) is 6.17. The highest BCUT2D eigenvalue weighted by atomic mass is 16.5. The lowest BCUT2D eigenvalue weighted by Gasteiger charge is -2.41. The predicted molar refractivity (Wildman–Crippen MR) is 75.9 cm³/mol. The van der Waals surface area contributed by atoms with Gasteiger partial charge in [-0.3, -0.25) is 4.90 Å². The summed E-state index contributed by atoms with van der Waals surface area (Å²) in [7, 11) is 0. The first-order valence-electron chi connectivity index (χ1n) is 7.84. The number of hydrogen-bond acceptors (Lipinski definition) is 3. The average molecular weight is 254 g/mol. The van der Waals surface area contributed by atoms with Gasteiger partial charge in [-0.05, 0) is 12.8 Å². The third-order valence-corrected chi connectivity index (χ3v) is 4.33. The minimum Gasteiger partial charge on any atom is -0.378 e. The zero-order valence-electron chi connectivity index (χ0n) is 12.2. The minimum atomic E-state index is 0.572. The molecule has 0 bridgehead atoms. The van der Waals surface area contributed by atoms with Gasteiger partial charge >= 0.3 is 0 Å². The standard InChI is InChI=1S/C15H30N2O/c1-13(2)16-11-15-12-18-10-9-17(15)14-7-5-3-4-6-8-14/h13-16H,3-12H2,1-2H3. The molecule has 1 aliphatic heterocycles. The Labute approximate surface area is 112 Å². The topological polar surface area (TPSA) is 24.5 Å². The van der Waals surface area contributed by atoms with Crippen molar-refractivity contribution in [1.82, 2.24) is 10.2 Å². The summed E-state index contributed by atoms with van der Waals surface area (Å²) in [5.41, 5.74) is 0. The highest BCUT2D eigenvalue weighted by Crippen LogP contribution is 2.24. The van der Waals surface area contributed by atoms with Crippen LogP contribution in [0.4, 0.5) is 0 Å². The monoisotopic (exact) mass is 254 g/mol. The molecule has 1 heterocycles. The molecule has 0 amide bonds. The summed E-state index contributed by atoms with van der Waals surface area (Å²) in [5, 5.41) is 3.58. The van der Waals surface area contributed by atoms with E-state index in [4.69, 9.17) is 4.74 Å². The lowest BCUT2D eigenvalue weighted by atomic mass is 10.0. The van der Waals surface area contributed by atoms with Gasteiger partial charge in [-0.15, -0.1) is 0 Å². The maximum absolute atomic E-state index is 5.69. The molecule has 0 radical (unpaired) electrons. The molecule has 1 aliphatic carbocycles. The quantitative estimate of drug-likeness (QED) is 0.780. The van der Waals surface area contributed by atoms with Crippen molar-refractivity contribution in [1.29, 1.82) is 0 Å². The smallest absolute Gasteiger partial charge is 0.0635 e. The Morgan fingerprint density at radius 1 is 1.17 bits per heavy atom. The van der Waals surface area contributed by atoms with Crippen LogP contribution < -0.4 is 5.32 Å². The van der Waals surface area contributed by atoms with Crippen LogP contribution in [0.25, 0.3) is 0 Å². The molecular formula is C15H30N2O. The molecule has 3 heteroatoms. The fourth-order valence-electron chi connectivity index (χ4n) is 3.29. The Morgan fingerprint density at radius 3 is 2.56 bits per heavy atom. The van der Waals surface area contributed by atoms with Crippen LogP contribution in [-0.2, 0) is 4.74 Å². The van der Waals surface area contributed by atoms with Gasteiger partial charge in [0, 0.05) is 31.2 Å². The molecule has 1 N–H and O–H groups in total. The zero-order chi connectivity index (χ0) is 12.8. The zero-order valence-corrected chi connectivity index (χ0v) is 12.2. The third-order valence-electron chi connectivity index (χ3n) is 4.33. The van der Waals surface area contributed by atoms with Crippen LogP contribution in [0.3, 0.4) is 0 Å². The second kappa shape index (κ2) is 7.46. The first-order chi connectivity index (χ1) is 8.77. The largest absolute Gasteiger partial charge is 0.378 e. The van der Waals surface area contributed by atoms with E-state index >= 15 is 0 Å². The second-order valence-corrected chi connectivity index (χ2v) is 6.17. The SMILES string of the molecule is CC(C)NCC1COCCN1C1CCCCCC1. The molecule has 1 saturated heterocycles. The van der Waals surface area contributed by atoms with E-state index in [1.165, 1.54) is 38.5 Å².